The van der Waals surface area contributed by atoms with Gasteiger partial charge in [0.1, 0.15) is 0 Å². The number of hydrogen-bond donors (Lipinski definition) is 2. The summed E-state index contributed by atoms with van der Waals surface area (Å²) in [6.07, 6.45) is 3.59. The van der Waals surface area contributed by atoms with E-state index in [0.717, 1.165) is 18.7 Å². The summed E-state index contributed by atoms with van der Waals surface area (Å²) in [4.78, 5) is 7.28. The molecule has 1 aromatic rings. The molecule has 1 heterocycles. The van der Waals surface area contributed by atoms with Crippen molar-refractivity contribution in [2.75, 3.05) is 30.8 Å². The molecule has 1 saturated carbocycles. The lowest BCUT2D eigenvalue weighted by Crippen LogP contribution is -2.13. The van der Waals surface area contributed by atoms with Gasteiger partial charge in [0, 0.05) is 13.2 Å². The molecule has 2 rings (SSSR count). The van der Waals surface area contributed by atoms with Crippen LogP contribution in [0.3, 0.4) is 0 Å². The molecule has 0 aliphatic heterocycles. The zero-order valence-corrected chi connectivity index (χ0v) is 8.95. The van der Waals surface area contributed by atoms with Gasteiger partial charge in [-0.25, -0.2) is 9.37 Å². The van der Waals surface area contributed by atoms with Crippen molar-refractivity contribution in [3.05, 3.63) is 12.0 Å². The molecule has 1 aliphatic carbocycles. The lowest BCUT2D eigenvalue weighted by atomic mass is 10.5. The van der Waals surface area contributed by atoms with Crippen LogP contribution in [0.25, 0.3) is 0 Å². The van der Waals surface area contributed by atoms with E-state index >= 15 is 0 Å². The molecule has 16 heavy (non-hydrogen) atoms. The van der Waals surface area contributed by atoms with Crippen molar-refractivity contribution in [2.45, 2.75) is 12.8 Å². The van der Waals surface area contributed by atoms with Crippen LogP contribution in [0.1, 0.15) is 12.8 Å². The van der Waals surface area contributed by atoms with E-state index in [1.807, 2.05) is 0 Å². The lowest BCUT2D eigenvalue weighted by molar-refractivity contribution is 0.134. The topological polar surface area (TPSA) is 73.1 Å². The van der Waals surface area contributed by atoms with E-state index in [-0.39, 0.29) is 11.8 Å². The molecule has 0 saturated heterocycles. The van der Waals surface area contributed by atoms with Crippen molar-refractivity contribution < 1.29 is 9.13 Å². The van der Waals surface area contributed by atoms with Crippen LogP contribution in [-0.4, -0.2) is 29.7 Å². The first-order chi connectivity index (χ1) is 7.75. The SMILES string of the molecule is Nc1ncc(F)c(NCCOCC2CC2)n1. The zero-order valence-electron chi connectivity index (χ0n) is 8.95. The van der Waals surface area contributed by atoms with Gasteiger partial charge in [-0.2, -0.15) is 4.98 Å². The van der Waals surface area contributed by atoms with Gasteiger partial charge in [-0.3, -0.25) is 0 Å². The van der Waals surface area contributed by atoms with E-state index < -0.39 is 5.82 Å². The second kappa shape index (κ2) is 5.07. The van der Waals surface area contributed by atoms with Gasteiger partial charge >= 0.3 is 0 Å². The summed E-state index contributed by atoms with van der Waals surface area (Å²) < 4.78 is 18.5. The number of rotatable bonds is 6. The fourth-order valence-electron chi connectivity index (χ4n) is 1.28. The van der Waals surface area contributed by atoms with Crippen LogP contribution in [-0.2, 0) is 4.74 Å². The van der Waals surface area contributed by atoms with Crippen LogP contribution in [0.2, 0.25) is 0 Å². The summed E-state index contributed by atoms with van der Waals surface area (Å²) in [5.74, 6) is 0.424. The van der Waals surface area contributed by atoms with Crippen molar-refractivity contribution >= 4 is 11.8 Å². The van der Waals surface area contributed by atoms with Gasteiger partial charge in [-0.05, 0) is 18.8 Å². The first kappa shape index (κ1) is 11.1. The first-order valence-corrected chi connectivity index (χ1v) is 5.35. The Balaban J connectivity index is 1.69. The van der Waals surface area contributed by atoms with E-state index in [2.05, 4.69) is 15.3 Å². The molecular weight excluding hydrogens is 211 g/mol. The lowest BCUT2D eigenvalue weighted by Gasteiger charge is -2.07. The molecule has 0 spiro atoms. The van der Waals surface area contributed by atoms with Crippen molar-refractivity contribution in [3.8, 4) is 0 Å². The van der Waals surface area contributed by atoms with Crippen molar-refractivity contribution in [1.82, 2.24) is 9.97 Å². The number of nitrogens with two attached hydrogens (primary N) is 1. The predicted octanol–water partition coefficient (Wildman–Crippen LogP) is 1.04. The monoisotopic (exact) mass is 226 g/mol. The van der Waals surface area contributed by atoms with Gasteiger partial charge in [0.15, 0.2) is 11.6 Å². The number of nitrogens with zero attached hydrogens (tertiary/aromatic N) is 2. The fourth-order valence-corrected chi connectivity index (χ4v) is 1.28. The van der Waals surface area contributed by atoms with E-state index in [1.165, 1.54) is 12.8 Å². The molecule has 0 aromatic carbocycles. The maximum absolute atomic E-state index is 13.1. The summed E-state index contributed by atoms with van der Waals surface area (Å²) in [7, 11) is 0. The van der Waals surface area contributed by atoms with Gasteiger partial charge in [0.25, 0.3) is 0 Å². The third-order valence-electron chi connectivity index (χ3n) is 2.35. The van der Waals surface area contributed by atoms with Gasteiger partial charge in [0.2, 0.25) is 5.95 Å². The highest BCUT2D eigenvalue weighted by Crippen LogP contribution is 2.28. The van der Waals surface area contributed by atoms with E-state index in [4.69, 9.17) is 10.5 Å². The van der Waals surface area contributed by atoms with Gasteiger partial charge in [-0.1, -0.05) is 0 Å². The average Bonchev–Trinajstić information content (AvgIpc) is 3.06. The molecule has 3 N–H and O–H groups in total. The van der Waals surface area contributed by atoms with Crippen molar-refractivity contribution in [3.63, 3.8) is 0 Å². The third kappa shape index (κ3) is 3.30. The predicted molar refractivity (Wildman–Crippen MR) is 58.4 cm³/mol. The van der Waals surface area contributed by atoms with Gasteiger partial charge in [-0.15, -0.1) is 0 Å². The second-order valence-corrected chi connectivity index (χ2v) is 3.87. The number of anilines is 2. The highest BCUT2D eigenvalue weighted by molar-refractivity contribution is 5.38. The summed E-state index contributed by atoms with van der Waals surface area (Å²) in [5, 5.41) is 2.82. The maximum atomic E-state index is 13.1. The quantitative estimate of drug-likeness (QED) is 0.709. The minimum atomic E-state index is -0.503. The van der Waals surface area contributed by atoms with Crippen LogP contribution in [0.5, 0.6) is 0 Å². The summed E-state index contributed by atoms with van der Waals surface area (Å²) in [6.45, 7) is 1.86. The highest BCUT2D eigenvalue weighted by atomic mass is 19.1. The molecular formula is C10H15FN4O. The Kier molecular flexibility index (Phi) is 3.51. The summed E-state index contributed by atoms with van der Waals surface area (Å²) >= 11 is 0. The second-order valence-electron chi connectivity index (χ2n) is 3.87. The van der Waals surface area contributed by atoms with E-state index in [1.54, 1.807) is 0 Å². The fraction of sp³-hybridized carbons (Fsp3) is 0.600. The number of nitrogens with one attached hydrogen (secondary N) is 1. The highest BCUT2D eigenvalue weighted by Gasteiger charge is 2.20. The Hall–Kier alpha value is -1.43. The van der Waals surface area contributed by atoms with Gasteiger partial charge < -0.3 is 15.8 Å². The Bertz CT molecular complexity index is 357. The first-order valence-electron chi connectivity index (χ1n) is 5.35. The number of hydrogen-bond acceptors (Lipinski definition) is 5. The minimum Gasteiger partial charge on any atom is -0.379 e. The molecule has 0 unspecified atom stereocenters. The summed E-state index contributed by atoms with van der Waals surface area (Å²) in [5.41, 5.74) is 5.35. The molecule has 88 valence electrons. The van der Waals surface area contributed by atoms with Gasteiger partial charge in [0.05, 0.1) is 12.8 Å². The molecule has 0 radical (unpaired) electrons. The Labute approximate surface area is 93.2 Å². The van der Waals surface area contributed by atoms with Crippen LogP contribution >= 0.6 is 0 Å². The standard InChI is InChI=1S/C10H15FN4O/c11-8-5-14-10(12)15-9(8)13-3-4-16-6-7-1-2-7/h5,7H,1-4,6H2,(H3,12,13,14,15). The number of ether oxygens (including phenoxy) is 1. The Morgan fingerprint density at radius 3 is 3.12 bits per heavy atom. The maximum Gasteiger partial charge on any atom is 0.222 e. The third-order valence-corrected chi connectivity index (χ3v) is 2.35. The number of aromatic nitrogens is 2. The van der Waals surface area contributed by atoms with Crippen LogP contribution in [0.4, 0.5) is 16.2 Å². The number of halogens is 1. The Morgan fingerprint density at radius 1 is 1.56 bits per heavy atom. The minimum absolute atomic E-state index is 0.0581. The normalized spacial score (nSPS) is 15.1. The average molecular weight is 226 g/mol. The molecule has 6 heteroatoms. The van der Waals surface area contributed by atoms with Crippen LogP contribution in [0, 0.1) is 11.7 Å². The molecule has 0 amide bonds. The van der Waals surface area contributed by atoms with Crippen LogP contribution < -0.4 is 11.1 Å². The largest absolute Gasteiger partial charge is 0.379 e. The smallest absolute Gasteiger partial charge is 0.222 e. The molecule has 1 aromatic heterocycles. The Morgan fingerprint density at radius 2 is 2.38 bits per heavy atom. The molecule has 1 aliphatic rings. The molecule has 0 atom stereocenters. The molecule has 1 fully saturated rings. The van der Waals surface area contributed by atoms with E-state index in [9.17, 15) is 4.39 Å². The van der Waals surface area contributed by atoms with Crippen molar-refractivity contribution in [1.29, 1.82) is 0 Å². The van der Waals surface area contributed by atoms with Crippen LogP contribution in [0.15, 0.2) is 6.20 Å². The number of nitrogen functional groups attached to an aromatic ring is 1. The zero-order chi connectivity index (χ0) is 11.4. The molecule has 0 bridgehead atoms. The van der Waals surface area contributed by atoms with E-state index in [0.29, 0.717) is 13.2 Å². The summed E-state index contributed by atoms with van der Waals surface area (Å²) in [6, 6.07) is 0. The van der Waals surface area contributed by atoms with Crippen molar-refractivity contribution in [2.24, 2.45) is 5.92 Å². The molecule has 5 nitrogen and oxygen atoms in total.